The summed E-state index contributed by atoms with van der Waals surface area (Å²) < 4.78 is 10.7. The van der Waals surface area contributed by atoms with E-state index >= 15 is 0 Å². The molecule has 0 radical (unpaired) electrons. The number of carbonyl (C=O) groups is 2. The van der Waals surface area contributed by atoms with Crippen molar-refractivity contribution < 1.29 is 19.1 Å². The van der Waals surface area contributed by atoms with Gasteiger partial charge in [-0.05, 0) is 24.3 Å². The van der Waals surface area contributed by atoms with Crippen LogP contribution in [0.1, 0.15) is 20.8 Å². The van der Waals surface area contributed by atoms with Crippen molar-refractivity contribution in [2.75, 3.05) is 13.7 Å². The Morgan fingerprint density at radius 2 is 1.83 bits per heavy atom. The van der Waals surface area contributed by atoms with Gasteiger partial charge in [0, 0.05) is 10.9 Å². The maximum Gasteiger partial charge on any atom is 0.290 e. The van der Waals surface area contributed by atoms with Crippen LogP contribution < -0.4 is 25.9 Å². The van der Waals surface area contributed by atoms with Crippen molar-refractivity contribution in [3.05, 3.63) is 76.7 Å². The van der Waals surface area contributed by atoms with Crippen LogP contribution in [0.3, 0.4) is 0 Å². The zero-order valence-electron chi connectivity index (χ0n) is 15.5. The van der Waals surface area contributed by atoms with E-state index < -0.39 is 17.4 Å². The molecular formula is C20H18N4O5. The summed E-state index contributed by atoms with van der Waals surface area (Å²) in [4.78, 5) is 36.6. The average Bonchev–Trinajstić information content (AvgIpc) is 2.76. The van der Waals surface area contributed by atoms with Crippen molar-refractivity contribution in [3.63, 3.8) is 0 Å². The Balaban J connectivity index is 1.74. The van der Waals surface area contributed by atoms with Gasteiger partial charge in [-0.2, -0.15) is 5.10 Å². The third-order valence-electron chi connectivity index (χ3n) is 3.98. The first-order valence-electron chi connectivity index (χ1n) is 8.55. The van der Waals surface area contributed by atoms with Crippen LogP contribution in [-0.4, -0.2) is 35.7 Å². The van der Waals surface area contributed by atoms with Crippen LogP contribution >= 0.6 is 0 Å². The van der Waals surface area contributed by atoms with Gasteiger partial charge in [-0.25, -0.2) is 5.10 Å². The van der Waals surface area contributed by atoms with Crippen molar-refractivity contribution in [1.82, 2.24) is 21.0 Å². The number of amides is 2. The number of H-pyrrole nitrogens is 1. The minimum atomic E-state index is -0.677. The Morgan fingerprint density at radius 1 is 1.10 bits per heavy atom. The zero-order valence-corrected chi connectivity index (χ0v) is 15.5. The normalized spacial score (nSPS) is 10.2. The topological polar surface area (TPSA) is 122 Å². The van der Waals surface area contributed by atoms with Gasteiger partial charge in [0.2, 0.25) is 0 Å². The molecule has 0 saturated heterocycles. The molecule has 0 bridgehead atoms. The number of hydrogen-bond donors (Lipinski definition) is 3. The SMILES string of the molecule is C=CCOc1ccc(C(=O)NNC(=O)c2n[nH]c(=O)c3ccccc23)cc1OC. The van der Waals surface area contributed by atoms with Crippen molar-refractivity contribution in [2.45, 2.75) is 0 Å². The molecule has 29 heavy (non-hydrogen) atoms. The average molecular weight is 394 g/mol. The molecule has 9 nitrogen and oxygen atoms in total. The van der Waals surface area contributed by atoms with E-state index in [9.17, 15) is 14.4 Å². The number of hydrazine groups is 1. The third kappa shape index (κ3) is 4.24. The van der Waals surface area contributed by atoms with E-state index in [-0.39, 0.29) is 17.9 Å². The molecule has 0 aliphatic carbocycles. The lowest BCUT2D eigenvalue weighted by Crippen LogP contribution is -2.42. The molecule has 0 aliphatic heterocycles. The quantitative estimate of drug-likeness (QED) is 0.431. The molecule has 0 saturated carbocycles. The Hall–Kier alpha value is -4.14. The summed E-state index contributed by atoms with van der Waals surface area (Å²) in [7, 11) is 1.45. The highest BCUT2D eigenvalue weighted by Crippen LogP contribution is 2.28. The Bertz CT molecular complexity index is 1140. The van der Waals surface area contributed by atoms with Gasteiger partial charge in [0.05, 0.1) is 12.5 Å². The second-order valence-electron chi connectivity index (χ2n) is 5.82. The Kier molecular flexibility index (Phi) is 5.88. The van der Waals surface area contributed by atoms with Crippen LogP contribution in [0.15, 0.2) is 59.9 Å². The second kappa shape index (κ2) is 8.70. The fraction of sp³-hybridized carbons (Fsp3) is 0.100. The highest BCUT2D eigenvalue weighted by Gasteiger charge is 2.16. The van der Waals surface area contributed by atoms with Gasteiger partial charge in [0.15, 0.2) is 17.2 Å². The molecule has 2 amide bonds. The first kappa shape index (κ1) is 19.6. The van der Waals surface area contributed by atoms with Crippen LogP contribution in [-0.2, 0) is 0 Å². The molecule has 3 N–H and O–H groups in total. The molecule has 0 spiro atoms. The lowest BCUT2D eigenvalue weighted by Gasteiger charge is -2.12. The van der Waals surface area contributed by atoms with E-state index in [4.69, 9.17) is 9.47 Å². The maximum absolute atomic E-state index is 12.4. The van der Waals surface area contributed by atoms with Crippen LogP contribution in [0, 0.1) is 0 Å². The zero-order chi connectivity index (χ0) is 20.8. The number of rotatable bonds is 6. The van der Waals surface area contributed by atoms with Crippen molar-refractivity contribution in [2.24, 2.45) is 0 Å². The summed E-state index contributed by atoms with van der Waals surface area (Å²) in [6.07, 6.45) is 1.59. The van der Waals surface area contributed by atoms with E-state index in [2.05, 4.69) is 27.6 Å². The van der Waals surface area contributed by atoms with Gasteiger partial charge in [-0.3, -0.25) is 25.2 Å². The number of benzene rings is 2. The molecule has 0 atom stereocenters. The molecule has 1 aromatic heterocycles. The highest BCUT2D eigenvalue weighted by atomic mass is 16.5. The third-order valence-corrected chi connectivity index (χ3v) is 3.98. The molecule has 3 rings (SSSR count). The minimum absolute atomic E-state index is 0.0220. The molecule has 148 valence electrons. The lowest BCUT2D eigenvalue weighted by molar-refractivity contribution is 0.0844. The van der Waals surface area contributed by atoms with Crippen molar-refractivity contribution in [3.8, 4) is 11.5 Å². The van der Waals surface area contributed by atoms with Gasteiger partial charge in [0.1, 0.15) is 6.61 Å². The number of aromatic nitrogens is 2. The van der Waals surface area contributed by atoms with Gasteiger partial charge in [-0.15, -0.1) is 0 Å². The largest absolute Gasteiger partial charge is 0.493 e. The fourth-order valence-corrected chi connectivity index (χ4v) is 2.61. The number of fused-ring (bicyclic) bond motifs is 1. The van der Waals surface area contributed by atoms with E-state index in [1.165, 1.54) is 19.2 Å². The molecule has 0 aliphatic rings. The number of aromatic amines is 1. The number of nitrogens with one attached hydrogen (secondary N) is 3. The van der Waals surface area contributed by atoms with Crippen LogP contribution in [0.2, 0.25) is 0 Å². The van der Waals surface area contributed by atoms with Gasteiger partial charge in [0.25, 0.3) is 17.4 Å². The van der Waals surface area contributed by atoms with E-state index in [1.54, 1.807) is 36.4 Å². The lowest BCUT2D eigenvalue weighted by atomic mass is 10.1. The Labute approximate surface area is 165 Å². The van der Waals surface area contributed by atoms with E-state index in [1.807, 2.05) is 0 Å². The number of ether oxygens (including phenoxy) is 2. The van der Waals surface area contributed by atoms with Gasteiger partial charge in [-0.1, -0.05) is 30.9 Å². The van der Waals surface area contributed by atoms with Crippen LogP contribution in [0.25, 0.3) is 10.8 Å². The van der Waals surface area contributed by atoms with Crippen molar-refractivity contribution >= 4 is 22.6 Å². The number of methoxy groups -OCH3 is 1. The summed E-state index contributed by atoms with van der Waals surface area (Å²) in [5.74, 6) is -0.430. The molecule has 3 aromatic rings. The summed E-state index contributed by atoms with van der Waals surface area (Å²) in [6, 6.07) is 11.1. The highest BCUT2D eigenvalue weighted by molar-refractivity contribution is 6.06. The van der Waals surface area contributed by atoms with E-state index in [0.29, 0.717) is 22.3 Å². The Morgan fingerprint density at radius 3 is 2.55 bits per heavy atom. The molecule has 0 fully saturated rings. The molecule has 1 heterocycles. The predicted molar refractivity (Wildman–Crippen MR) is 106 cm³/mol. The first-order chi connectivity index (χ1) is 14.0. The predicted octanol–water partition coefficient (Wildman–Crippen LogP) is 1.57. The summed E-state index contributed by atoms with van der Waals surface area (Å²) >= 11 is 0. The van der Waals surface area contributed by atoms with Crippen LogP contribution in [0.5, 0.6) is 11.5 Å². The fourth-order valence-electron chi connectivity index (χ4n) is 2.61. The van der Waals surface area contributed by atoms with Crippen molar-refractivity contribution in [1.29, 1.82) is 0 Å². The minimum Gasteiger partial charge on any atom is -0.493 e. The summed E-state index contributed by atoms with van der Waals surface area (Å²) in [6.45, 7) is 3.86. The van der Waals surface area contributed by atoms with E-state index in [0.717, 1.165) is 0 Å². The summed E-state index contributed by atoms with van der Waals surface area (Å²) in [5, 5.41) is 6.73. The first-order valence-corrected chi connectivity index (χ1v) is 8.55. The molecule has 2 aromatic carbocycles. The number of hydrogen-bond acceptors (Lipinski definition) is 6. The second-order valence-corrected chi connectivity index (χ2v) is 5.82. The summed E-state index contributed by atoms with van der Waals surface area (Å²) in [5.41, 5.74) is 4.41. The number of nitrogens with zero attached hydrogens (tertiary/aromatic N) is 1. The smallest absolute Gasteiger partial charge is 0.290 e. The van der Waals surface area contributed by atoms with Gasteiger partial charge >= 0.3 is 0 Å². The molecule has 9 heteroatoms. The standard InChI is InChI=1S/C20H18N4O5/c1-3-10-29-15-9-8-12(11-16(15)28-2)18(25)22-24-20(27)17-13-6-4-5-7-14(13)19(26)23-21-17/h3-9,11H,1,10H2,2H3,(H,22,25)(H,23,26)(H,24,27). The maximum atomic E-state index is 12.4. The molecular weight excluding hydrogens is 376 g/mol. The monoisotopic (exact) mass is 394 g/mol. The molecule has 0 unspecified atom stereocenters. The van der Waals surface area contributed by atoms with Crippen LogP contribution in [0.4, 0.5) is 0 Å². The van der Waals surface area contributed by atoms with Gasteiger partial charge < -0.3 is 9.47 Å². The number of carbonyl (C=O) groups excluding carboxylic acids is 2.